The topological polar surface area (TPSA) is 95.6 Å². The Labute approximate surface area is 208 Å². The molecular weight excluding hydrogens is 442 g/mol. The molecule has 1 aliphatic heterocycles. The summed E-state index contributed by atoms with van der Waals surface area (Å²) in [6.45, 7) is 10.8. The van der Waals surface area contributed by atoms with E-state index < -0.39 is 23.8 Å². The second-order valence-electron chi connectivity index (χ2n) is 11.5. The van der Waals surface area contributed by atoms with Crippen LogP contribution in [0.25, 0.3) is 0 Å². The molecule has 0 spiro atoms. The van der Waals surface area contributed by atoms with Gasteiger partial charge < -0.3 is 15.5 Å². The molecule has 1 aromatic carbocycles. The number of hydrogen-bond acceptors (Lipinski definition) is 4. The van der Waals surface area contributed by atoms with Crippen molar-refractivity contribution in [2.45, 2.75) is 84.3 Å². The summed E-state index contributed by atoms with van der Waals surface area (Å²) in [5.74, 6) is -1.56. The Morgan fingerprint density at radius 1 is 1.09 bits per heavy atom. The Hall–Kier alpha value is -2.70. The number of benzene rings is 1. The SMILES string of the molecule is CCC[C@@H](NC(=O)C1[C@@H]2[C@H](CN1C(=O)[C@@H](c1ccccc1)C(C)C)C2(C)C)C(=O)C(=O)NC1CC1. The van der Waals surface area contributed by atoms with E-state index >= 15 is 0 Å². The quantitative estimate of drug-likeness (QED) is 0.502. The number of hydrogen-bond donors (Lipinski definition) is 2. The van der Waals surface area contributed by atoms with E-state index in [0.717, 1.165) is 18.4 Å². The lowest BCUT2D eigenvalue weighted by atomic mass is 9.86. The van der Waals surface area contributed by atoms with Gasteiger partial charge >= 0.3 is 0 Å². The molecule has 2 aliphatic carbocycles. The molecule has 4 rings (SSSR count). The molecule has 3 fully saturated rings. The van der Waals surface area contributed by atoms with Crippen molar-refractivity contribution in [1.82, 2.24) is 15.5 Å². The van der Waals surface area contributed by atoms with Gasteiger partial charge in [0.15, 0.2) is 0 Å². The largest absolute Gasteiger partial charge is 0.347 e. The summed E-state index contributed by atoms with van der Waals surface area (Å²) >= 11 is 0. The Balaban J connectivity index is 1.55. The minimum absolute atomic E-state index is 0.0352. The van der Waals surface area contributed by atoms with Gasteiger partial charge in [0.1, 0.15) is 6.04 Å². The van der Waals surface area contributed by atoms with Gasteiger partial charge in [-0.25, -0.2) is 0 Å². The summed E-state index contributed by atoms with van der Waals surface area (Å²) in [6, 6.07) is 8.29. The van der Waals surface area contributed by atoms with Crippen LogP contribution >= 0.6 is 0 Å². The maximum atomic E-state index is 13.9. The first-order chi connectivity index (χ1) is 16.6. The van der Waals surface area contributed by atoms with E-state index in [-0.39, 0.29) is 46.9 Å². The lowest BCUT2D eigenvalue weighted by molar-refractivity contribution is -0.144. The number of ketones is 1. The minimum Gasteiger partial charge on any atom is -0.347 e. The first kappa shape index (κ1) is 25.4. The van der Waals surface area contributed by atoms with Crippen LogP contribution in [0, 0.1) is 23.2 Å². The fraction of sp³-hybridized carbons (Fsp3) is 0.643. The maximum absolute atomic E-state index is 13.9. The van der Waals surface area contributed by atoms with E-state index in [0.29, 0.717) is 19.4 Å². The van der Waals surface area contributed by atoms with Crippen molar-refractivity contribution >= 4 is 23.5 Å². The summed E-state index contributed by atoms with van der Waals surface area (Å²) in [7, 11) is 0. The van der Waals surface area contributed by atoms with E-state index in [1.54, 1.807) is 4.90 Å². The number of Topliss-reactive ketones (excluding diaryl/α,β-unsaturated/α-hetero) is 1. The van der Waals surface area contributed by atoms with Crippen molar-refractivity contribution in [2.75, 3.05) is 6.54 Å². The summed E-state index contributed by atoms with van der Waals surface area (Å²) in [4.78, 5) is 54.6. The van der Waals surface area contributed by atoms with Crippen molar-refractivity contribution in [3.8, 4) is 0 Å². The Morgan fingerprint density at radius 2 is 1.74 bits per heavy atom. The van der Waals surface area contributed by atoms with Crippen LogP contribution in [0.2, 0.25) is 0 Å². The van der Waals surface area contributed by atoms with Crippen LogP contribution < -0.4 is 10.6 Å². The third-order valence-electron chi connectivity index (χ3n) is 8.20. The Morgan fingerprint density at radius 3 is 2.31 bits per heavy atom. The number of fused-ring (bicyclic) bond motifs is 1. The highest BCUT2D eigenvalue weighted by Gasteiger charge is 2.69. The van der Waals surface area contributed by atoms with Crippen molar-refractivity contribution < 1.29 is 19.2 Å². The molecule has 1 heterocycles. The van der Waals surface area contributed by atoms with E-state index in [4.69, 9.17) is 0 Å². The minimum atomic E-state index is -0.876. The number of likely N-dealkylation sites (tertiary alicyclic amines) is 1. The molecule has 2 saturated carbocycles. The zero-order chi connectivity index (χ0) is 25.5. The molecule has 0 aromatic heterocycles. The smallest absolute Gasteiger partial charge is 0.289 e. The van der Waals surface area contributed by atoms with Crippen LogP contribution in [0.15, 0.2) is 30.3 Å². The van der Waals surface area contributed by atoms with E-state index in [2.05, 4.69) is 24.5 Å². The molecule has 2 N–H and O–H groups in total. The molecule has 5 atom stereocenters. The molecule has 1 aromatic rings. The van der Waals surface area contributed by atoms with Gasteiger partial charge in [-0.15, -0.1) is 0 Å². The van der Waals surface area contributed by atoms with Gasteiger partial charge in [0.2, 0.25) is 17.6 Å². The van der Waals surface area contributed by atoms with Gasteiger partial charge in [0, 0.05) is 12.6 Å². The predicted molar refractivity (Wildman–Crippen MR) is 133 cm³/mol. The van der Waals surface area contributed by atoms with Crippen molar-refractivity contribution in [3.63, 3.8) is 0 Å². The molecule has 3 amide bonds. The molecule has 7 heteroatoms. The molecule has 1 unspecified atom stereocenters. The number of piperidine rings is 1. The molecule has 0 radical (unpaired) electrons. The lowest BCUT2D eigenvalue weighted by Crippen LogP contribution is -2.56. The average Bonchev–Trinajstić information content (AvgIpc) is 3.65. The molecule has 35 heavy (non-hydrogen) atoms. The van der Waals surface area contributed by atoms with E-state index in [1.807, 2.05) is 51.1 Å². The standard InChI is InChI=1S/C28H39N3O4/c1-6-10-20(24(32)26(34)29-18-13-14-18)30-25(33)23-22-19(28(22,4)5)15-31(23)27(35)21(16(2)3)17-11-8-7-9-12-17/h7-9,11-12,16,18-23H,6,10,13-15H2,1-5H3,(H,29,34)(H,30,33)/t19-,20+,21+,22-,23?/m0/s1. The summed E-state index contributed by atoms with van der Waals surface area (Å²) in [5.41, 5.74) is 0.911. The van der Waals surface area contributed by atoms with Gasteiger partial charge in [-0.05, 0) is 48.0 Å². The first-order valence-corrected chi connectivity index (χ1v) is 13.1. The zero-order valence-electron chi connectivity index (χ0n) is 21.5. The summed E-state index contributed by atoms with van der Waals surface area (Å²) in [5, 5.41) is 5.61. The van der Waals surface area contributed by atoms with Crippen LogP contribution in [0.3, 0.4) is 0 Å². The molecule has 0 bridgehead atoms. The molecule has 1 saturated heterocycles. The molecule has 3 aliphatic rings. The van der Waals surface area contributed by atoms with Crippen LogP contribution in [0.5, 0.6) is 0 Å². The summed E-state index contributed by atoms with van der Waals surface area (Å²) in [6.07, 6.45) is 2.82. The van der Waals surface area contributed by atoms with Gasteiger partial charge in [-0.3, -0.25) is 19.2 Å². The number of rotatable bonds is 10. The molecule has 7 nitrogen and oxygen atoms in total. The van der Waals surface area contributed by atoms with Gasteiger partial charge in [0.25, 0.3) is 5.91 Å². The fourth-order valence-electron chi connectivity index (χ4n) is 5.92. The van der Waals surface area contributed by atoms with Crippen molar-refractivity contribution in [1.29, 1.82) is 0 Å². The van der Waals surface area contributed by atoms with Gasteiger partial charge in [0.05, 0.1) is 12.0 Å². The summed E-state index contributed by atoms with van der Waals surface area (Å²) < 4.78 is 0. The highest BCUT2D eigenvalue weighted by Crippen LogP contribution is 2.65. The van der Waals surface area contributed by atoms with Crippen LogP contribution in [0.1, 0.15) is 71.8 Å². The number of carbonyl (C=O) groups is 4. The Kier molecular flexibility index (Phi) is 7.07. The first-order valence-electron chi connectivity index (χ1n) is 13.1. The van der Waals surface area contributed by atoms with Gasteiger partial charge in [-0.1, -0.05) is 71.4 Å². The monoisotopic (exact) mass is 481 g/mol. The zero-order valence-corrected chi connectivity index (χ0v) is 21.5. The van der Waals surface area contributed by atoms with Crippen LogP contribution in [-0.4, -0.2) is 53.1 Å². The number of nitrogens with zero attached hydrogens (tertiary/aromatic N) is 1. The highest BCUT2D eigenvalue weighted by atomic mass is 16.2. The fourth-order valence-corrected chi connectivity index (χ4v) is 5.92. The Bertz CT molecular complexity index is 985. The third kappa shape index (κ3) is 5.00. The third-order valence-corrected chi connectivity index (χ3v) is 8.20. The van der Waals surface area contributed by atoms with Crippen molar-refractivity contribution in [3.05, 3.63) is 35.9 Å². The predicted octanol–water partition coefficient (Wildman–Crippen LogP) is 3.04. The second-order valence-corrected chi connectivity index (χ2v) is 11.5. The average molecular weight is 482 g/mol. The maximum Gasteiger partial charge on any atom is 0.289 e. The normalized spacial score (nSPS) is 26.0. The lowest BCUT2D eigenvalue weighted by Gasteiger charge is -2.34. The number of carbonyl (C=O) groups excluding carboxylic acids is 4. The molecule has 190 valence electrons. The van der Waals surface area contributed by atoms with Crippen LogP contribution in [0.4, 0.5) is 0 Å². The number of nitrogens with one attached hydrogen (secondary N) is 2. The van der Waals surface area contributed by atoms with Gasteiger partial charge in [-0.2, -0.15) is 0 Å². The number of amides is 3. The van der Waals surface area contributed by atoms with Crippen molar-refractivity contribution in [2.24, 2.45) is 23.2 Å². The van der Waals surface area contributed by atoms with E-state index in [1.165, 1.54) is 0 Å². The van der Waals surface area contributed by atoms with Crippen LogP contribution in [-0.2, 0) is 19.2 Å². The molecular formula is C28H39N3O4. The second kappa shape index (κ2) is 9.75. The highest BCUT2D eigenvalue weighted by molar-refractivity contribution is 6.38. The van der Waals surface area contributed by atoms with E-state index in [9.17, 15) is 19.2 Å².